The molecule has 2 atom stereocenters. The van der Waals surface area contributed by atoms with Crippen molar-refractivity contribution in [3.05, 3.63) is 0 Å². The number of likely N-dealkylation sites (tertiary alicyclic amines) is 1. The number of nitrogens with one attached hydrogen (secondary N) is 1. The van der Waals surface area contributed by atoms with Crippen molar-refractivity contribution >= 4 is 5.91 Å². The van der Waals surface area contributed by atoms with Crippen LogP contribution in [-0.2, 0) is 4.79 Å². The van der Waals surface area contributed by atoms with Gasteiger partial charge in [0.05, 0.1) is 5.41 Å². The molecule has 1 amide bonds. The molecule has 0 aromatic heterocycles. The maximum atomic E-state index is 11.2. The number of carbonyl (C=O) groups is 1. The van der Waals surface area contributed by atoms with Gasteiger partial charge < -0.3 is 16.0 Å². The normalized spacial score (nSPS) is 24.6. The van der Waals surface area contributed by atoms with Crippen molar-refractivity contribution in [2.45, 2.75) is 39.7 Å². The zero-order valence-electron chi connectivity index (χ0n) is 11.6. The molecule has 3 N–H and O–H groups in total. The van der Waals surface area contributed by atoms with Crippen LogP contribution in [0.5, 0.6) is 0 Å². The van der Waals surface area contributed by atoms with E-state index in [0.717, 1.165) is 6.54 Å². The fourth-order valence-electron chi connectivity index (χ4n) is 2.28. The van der Waals surface area contributed by atoms with Crippen LogP contribution >= 0.6 is 0 Å². The molecule has 0 aliphatic carbocycles. The number of piperidine rings is 1. The second-order valence-electron chi connectivity index (χ2n) is 6.08. The summed E-state index contributed by atoms with van der Waals surface area (Å²) >= 11 is 0. The lowest BCUT2D eigenvalue weighted by molar-refractivity contribution is -0.125. The van der Waals surface area contributed by atoms with Gasteiger partial charge in [-0.25, -0.2) is 0 Å². The molecular weight excluding hydrogens is 214 g/mol. The average molecular weight is 241 g/mol. The zero-order valence-corrected chi connectivity index (χ0v) is 11.6. The van der Waals surface area contributed by atoms with E-state index < -0.39 is 5.41 Å². The van der Waals surface area contributed by atoms with Crippen molar-refractivity contribution in [1.82, 2.24) is 10.2 Å². The number of hydrogen-bond donors (Lipinski definition) is 2. The summed E-state index contributed by atoms with van der Waals surface area (Å²) in [6.07, 6.45) is 2.54. The van der Waals surface area contributed by atoms with Crippen LogP contribution < -0.4 is 11.1 Å². The summed E-state index contributed by atoms with van der Waals surface area (Å²) in [4.78, 5) is 13.6. The first-order valence-corrected chi connectivity index (χ1v) is 6.55. The zero-order chi connectivity index (χ0) is 13.1. The first-order chi connectivity index (χ1) is 7.83. The van der Waals surface area contributed by atoms with E-state index in [1.807, 2.05) is 13.8 Å². The smallest absolute Gasteiger partial charge is 0.224 e. The van der Waals surface area contributed by atoms with E-state index in [0.29, 0.717) is 18.5 Å². The minimum Gasteiger partial charge on any atom is -0.369 e. The van der Waals surface area contributed by atoms with Crippen LogP contribution in [0.25, 0.3) is 0 Å². The maximum Gasteiger partial charge on any atom is 0.224 e. The molecule has 17 heavy (non-hydrogen) atoms. The first kappa shape index (κ1) is 14.5. The topological polar surface area (TPSA) is 58.4 Å². The SMILES string of the molecule is CC(NCC(C)(C)C(N)=O)C1CCCN(C)C1. The minimum absolute atomic E-state index is 0.238. The van der Waals surface area contributed by atoms with Crippen molar-refractivity contribution in [1.29, 1.82) is 0 Å². The van der Waals surface area contributed by atoms with Gasteiger partial charge in [0, 0.05) is 19.1 Å². The molecule has 2 unspecified atom stereocenters. The van der Waals surface area contributed by atoms with E-state index in [1.165, 1.54) is 19.4 Å². The predicted molar refractivity (Wildman–Crippen MR) is 70.7 cm³/mol. The Bertz CT molecular complexity index is 265. The highest BCUT2D eigenvalue weighted by Crippen LogP contribution is 2.20. The van der Waals surface area contributed by atoms with Gasteiger partial charge in [-0.2, -0.15) is 0 Å². The molecule has 0 aromatic carbocycles. The Kier molecular flexibility index (Phi) is 4.95. The highest BCUT2D eigenvalue weighted by Gasteiger charge is 2.28. The fraction of sp³-hybridized carbons (Fsp3) is 0.923. The number of rotatable bonds is 5. The van der Waals surface area contributed by atoms with E-state index in [2.05, 4.69) is 24.2 Å². The van der Waals surface area contributed by atoms with Crippen LogP contribution in [0, 0.1) is 11.3 Å². The molecule has 1 rings (SSSR count). The average Bonchev–Trinajstić information content (AvgIpc) is 2.25. The first-order valence-electron chi connectivity index (χ1n) is 6.55. The molecule has 1 heterocycles. The van der Waals surface area contributed by atoms with Gasteiger partial charge in [-0.3, -0.25) is 4.79 Å². The third kappa shape index (κ3) is 4.28. The van der Waals surface area contributed by atoms with Crippen molar-refractivity contribution in [2.75, 3.05) is 26.7 Å². The summed E-state index contributed by atoms with van der Waals surface area (Å²) in [6.45, 7) is 9.00. The Hall–Kier alpha value is -0.610. The van der Waals surface area contributed by atoms with Gasteiger partial charge in [0.25, 0.3) is 0 Å². The van der Waals surface area contributed by atoms with Crippen LogP contribution in [0.15, 0.2) is 0 Å². The minimum atomic E-state index is -0.463. The van der Waals surface area contributed by atoms with Crippen molar-refractivity contribution in [3.8, 4) is 0 Å². The molecule has 4 heteroatoms. The van der Waals surface area contributed by atoms with Crippen LogP contribution in [-0.4, -0.2) is 43.5 Å². The van der Waals surface area contributed by atoms with E-state index in [4.69, 9.17) is 5.73 Å². The van der Waals surface area contributed by atoms with Crippen molar-refractivity contribution in [3.63, 3.8) is 0 Å². The lowest BCUT2D eigenvalue weighted by Crippen LogP contribution is -2.48. The molecular formula is C13H27N3O. The predicted octanol–water partition coefficient (Wildman–Crippen LogP) is 0.818. The third-order valence-corrected chi connectivity index (χ3v) is 3.90. The van der Waals surface area contributed by atoms with E-state index in [9.17, 15) is 4.79 Å². The van der Waals surface area contributed by atoms with Crippen LogP contribution in [0.1, 0.15) is 33.6 Å². The Balaban J connectivity index is 2.38. The van der Waals surface area contributed by atoms with Crippen LogP contribution in [0.3, 0.4) is 0 Å². The highest BCUT2D eigenvalue weighted by molar-refractivity contribution is 5.80. The number of primary amides is 1. The Morgan fingerprint density at radius 1 is 1.59 bits per heavy atom. The molecule has 4 nitrogen and oxygen atoms in total. The largest absolute Gasteiger partial charge is 0.369 e. The highest BCUT2D eigenvalue weighted by atomic mass is 16.1. The Morgan fingerprint density at radius 3 is 2.76 bits per heavy atom. The number of carbonyl (C=O) groups excluding carboxylic acids is 1. The third-order valence-electron chi connectivity index (χ3n) is 3.90. The number of nitrogens with zero attached hydrogens (tertiary/aromatic N) is 1. The van der Waals surface area contributed by atoms with Gasteiger partial charge >= 0.3 is 0 Å². The van der Waals surface area contributed by atoms with Gasteiger partial charge in [-0.1, -0.05) is 0 Å². The molecule has 0 radical (unpaired) electrons. The summed E-state index contributed by atoms with van der Waals surface area (Å²) in [5.41, 5.74) is 4.91. The molecule has 100 valence electrons. The van der Waals surface area contributed by atoms with Crippen LogP contribution in [0.4, 0.5) is 0 Å². The summed E-state index contributed by atoms with van der Waals surface area (Å²) < 4.78 is 0. The molecule has 0 saturated carbocycles. The molecule has 1 saturated heterocycles. The Labute approximate surface area is 105 Å². The standard InChI is InChI=1S/C13H27N3O/c1-10(11-6-5-7-16(4)8-11)15-9-13(2,3)12(14)17/h10-11,15H,5-9H2,1-4H3,(H2,14,17). The van der Waals surface area contributed by atoms with Crippen molar-refractivity contribution < 1.29 is 4.79 Å². The van der Waals surface area contributed by atoms with E-state index >= 15 is 0 Å². The number of amides is 1. The fourth-order valence-corrected chi connectivity index (χ4v) is 2.28. The summed E-state index contributed by atoms with van der Waals surface area (Å²) in [7, 11) is 2.17. The summed E-state index contributed by atoms with van der Waals surface area (Å²) in [5, 5.41) is 3.47. The molecule has 1 aliphatic heterocycles. The maximum absolute atomic E-state index is 11.2. The number of nitrogens with two attached hydrogens (primary N) is 1. The summed E-state index contributed by atoms with van der Waals surface area (Å²) in [6, 6.07) is 0.441. The second kappa shape index (κ2) is 5.83. The van der Waals surface area contributed by atoms with Crippen molar-refractivity contribution in [2.24, 2.45) is 17.1 Å². The van der Waals surface area contributed by atoms with E-state index in [1.54, 1.807) is 0 Å². The van der Waals surface area contributed by atoms with Gasteiger partial charge in [0.1, 0.15) is 0 Å². The lowest BCUT2D eigenvalue weighted by Gasteiger charge is -2.35. The van der Waals surface area contributed by atoms with Gasteiger partial charge in [-0.05, 0) is 53.1 Å². The monoisotopic (exact) mass is 241 g/mol. The van der Waals surface area contributed by atoms with Gasteiger partial charge in [0.15, 0.2) is 0 Å². The second-order valence-corrected chi connectivity index (χ2v) is 6.08. The summed E-state index contributed by atoms with van der Waals surface area (Å²) in [5.74, 6) is 0.440. The lowest BCUT2D eigenvalue weighted by atomic mass is 9.89. The van der Waals surface area contributed by atoms with Gasteiger partial charge in [-0.15, -0.1) is 0 Å². The molecule has 0 spiro atoms. The molecule has 1 aliphatic rings. The molecule has 0 aromatic rings. The molecule has 1 fully saturated rings. The van der Waals surface area contributed by atoms with Gasteiger partial charge in [0.2, 0.25) is 5.91 Å². The Morgan fingerprint density at radius 2 is 2.24 bits per heavy atom. The molecule has 0 bridgehead atoms. The number of hydrogen-bond acceptors (Lipinski definition) is 3. The quantitative estimate of drug-likeness (QED) is 0.749. The van der Waals surface area contributed by atoms with Crippen LogP contribution in [0.2, 0.25) is 0 Å². The van der Waals surface area contributed by atoms with E-state index in [-0.39, 0.29) is 5.91 Å².